The predicted octanol–water partition coefficient (Wildman–Crippen LogP) is 3.94. The molecule has 0 saturated carbocycles. The summed E-state index contributed by atoms with van der Waals surface area (Å²) in [5.74, 6) is 0.157. The quantitative estimate of drug-likeness (QED) is 0.738. The average molecular weight is 430 g/mol. The standard InChI is InChI=1S/C18H19BrF3N3O/c19-15-3-1-13(2-4-15)11-24-9-7-14(8-10-24)12-25-17(26)6-5-16(23-25)18(20,21)22/h1-6,14H,7-12H2. The minimum atomic E-state index is -4.54. The summed E-state index contributed by atoms with van der Waals surface area (Å²) >= 11 is 3.42. The van der Waals surface area contributed by atoms with Crippen LogP contribution in [0.4, 0.5) is 13.2 Å². The number of halogens is 4. The molecule has 1 aromatic heterocycles. The monoisotopic (exact) mass is 429 g/mol. The Morgan fingerprint density at radius 1 is 1.08 bits per heavy atom. The molecule has 2 aromatic rings. The smallest absolute Gasteiger partial charge is 0.299 e. The van der Waals surface area contributed by atoms with Gasteiger partial charge in [-0.05, 0) is 55.6 Å². The molecule has 0 amide bonds. The summed E-state index contributed by atoms with van der Waals surface area (Å²) in [4.78, 5) is 14.1. The molecule has 0 N–H and O–H groups in total. The molecule has 1 aromatic carbocycles. The van der Waals surface area contributed by atoms with Crippen molar-refractivity contribution < 1.29 is 13.2 Å². The van der Waals surface area contributed by atoms with Gasteiger partial charge in [-0.3, -0.25) is 9.69 Å². The number of likely N-dealkylation sites (tertiary alicyclic amines) is 1. The van der Waals surface area contributed by atoms with E-state index >= 15 is 0 Å². The van der Waals surface area contributed by atoms with Crippen molar-refractivity contribution in [3.63, 3.8) is 0 Å². The number of hydrogen-bond acceptors (Lipinski definition) is 3. The molecule has 26 heavy (non-hydrogen) atoms. The van der Waals surface area contributed by atoms with Gasteiger partial charge in [-0.15, -0.1) is 0 Å². The van der Waals surface area contributed by atoms with E-state index in [4.69, 9.17) is 0 Å². The Bertz CT molecular complexity index is 797. The van der Waals surface area contributed by atoms with Gasteiger partial charge in [-0.1, -0.05) is 28.1 Å². The molecule has 140 valence electrons. The molecule has 0 unspecified atom stereocenters. The first-order valence-corrected chi connectivity index (χ1v) is 9.23. The molecule has 8 heteroatoms. The second kappa shape index (κ2) is 7.92. The van der Waals surface area contributed by atoms with Crippen LogP contribution < -0.4 is 5.56 Å². The Balaban J connectivity index is 1.57. The maximum absolute atomic E-state index is 12.8. The van der Waals surface area contributed by atoms with E-state index in [-0.39, 0.29) is 12.5 Å². The van der Waals surface area contributed by atoms with E-state index in [1.807, 2.05) is 12.1 Å². The van der Waals surface area contributed by atoms with Gasteiger partial charge in [-0.2, -0.15) is 18.3 Å². The molecule has 2 heterocycles. The second-order valence-electron chi connectivity index (χ2n) is 6.58. The van der Waals surface area contributed by atoms with Gasteiger partial charge in [0.05, 0.1) is 0 Å². The molecule has 0 radical (unpaired) electrons. The number of aromatic nitrogens is 2. The molecular weight excluding hydrogens is 411 g/mol. The highest BCUT2D eigenvalue weighted by Gasteiger charge is 2.33. The number of nitrogens with zero attached hydrogens (tertiary/aromatic N) is 3. The van der Waals surface area contributed by atoms with Crippen molar-refractivity contribution >= 4 is 15.9 Å². The predicted molar refractivity (Wildman–Crippen MR) is 95.6 cm³/mol. The third kappa shape index (κ3) is 4.94. The zero-order valence-corrected chi connectivity index (χ0v) is 15.6. The zero-order valence-electron chi connectivity index (χ0n) is 14.0. The van der Waals surface area contributed by atoms with Crippen molar-refractivity contribution in [2.75, 3.05) is 13.1 Å². The van der Waals surface area contributed by atoms with Crippen molar-refractivity contribution in [2.24, 2.45) is 5.92 Å². The Hall–Kier alpha value is -1.67. The largest absolute Gasteiger partial charge is 0.435 e. The summed E-state index contributed by atoms with van der Waals surface area (Å²) in [7, 11) is 0. The Kier molecular flexibility index (Phi) is 5.82. The van der Waals surface area contributed by atoms with Crippen molar-refractivity contribution in [1.29, 1.82) is 0 Å². The van der Waals surface area contributed by atoms with Crippen LogP contribution >= 0.6 is 15.9 Å². The maximum atomic E-state index is 12.8. The first-order chi connectivity index (χ1) is 12.3. The van der Waals surface area contributed by atoms with Gasteiger partial charge in [-0.25, -0.2) is 4.68 Å². The number of piperidine rings is 1. The van der Waals surface area contributed by atoms with Gasteiger partial charge in [0.25, 0.3) is 5.56 Å². The minimum absolute atomic E-state index is 0.157. The van der Waals surface area contributed by atoms with Crippen molar-refractivity contribution in [1.82, 2.24) is 14.7 Å². The van der Waals surface area contributed by atoms with E-state index in [2.05, 4.69) is 38.1 Å². The van der Waals surface area contributed by atoms with Crippen molar-refractivity contribution in [3.8, 4) is 0 Å². The number of alkyl halides is 3. The Morgan fingerprint density at radius 2 is 1.73 bits per heavy atom. The van der Waals surface area contributed by atoms with E-state index in [0.717, 1.165) is 53.8 Å². The Morgan fingerprint density at radius 3 is 2.35 bits per heavy atom. The van der Waals surface area contributed by atoms with Gasteiger partial charge in [0.2, 0.25) is 0 Å². The highest BCUT2D eigenvalue weighted by atomic mass is 79.9. The summed E-state index contributed by atoms with van der Waals surface area (Å²) in [6, 6.07) is 9.84. The lowest BCUT2D eigenvalue weighted by molar-refractivity contribution is -0.142. The third-order valence-electron chi connectivity index (χ3n) is 4.61. The molecule has 3 rings (SSSR count). The number of benzene rings is 1. The van der Waals surface area contributed by atoms with E-state index in [1.165, 1.54) is 5.56 Å². The second-order valence-corrected chi connectivity index (χ2v) is 7.50. The number of hydrogen-bond donors (Lipinski definition) is 0. The van der Waals surface area contributed by atoms with E-state index in [9.17, 15) is 18.0 Å². The number of rotatable bonds is 4. The fraction of sp³-hybridized carbons (Fsp3) is 0.444. The average Bonchev–Trinajstić information content (AvgIpc) is 2.59. The summed E-state index contributed by atoms with van der Waals surface area (Å²) in [6.07, 6.45) is -2.87. The molecule has 1 aliphatic rings. The van der Waals surface area contributed by atoms with Gasteiger partial charge >= 0.3 is 6.18 Å². The van der Waals surface area contributed by atoms with E-state index in [1.54, 1.807) is 0 Å². The maximum Gasteiger partial charge on any atom is 0.435 e. The van der Waals surface area contributed by atoms with Crippen LogP contribution in [0, 0.1) is 5.92 Å². The summed E-state index contributed by atoms with van der Waals surface area (Å²) in [5, 5.41) is 3.49. The van der Waals surface area contributed by atoms with E-state index < -0.39 is 17.4 Å². The van der Waals surface area contributed by atoms with Gasteiger partial charge in [0.1, 0.15) is 0 Å². The van der Waals surface area contributed by atoms with Gasteiger partial charge < -0.3 is 0 Å². The normalized spacial score (nSPS) is 16.8. The van der Waals surface area contributed by atoms with E-state index in [0.29, 0.717) is 0 Å². The summed E-state index contributed by atoms with van der Waals surface area (Å²) in [6.45, 7) is 2.79. The molecular formula is C18H19BrF3N3O. The molecule has 0 aliphatic carbocycles. The molecule has 0 bridgehead atoms. The first-order valence-electron chi connectivity index (χ1n) is 8.43. The first kappa shape index (κ1) is 19.1. The molecule has 1 saturated heterocycles. The Labute approximate surface area is 157 Å². The van der Waals surface area contributed by atoms with Crippen LogP contribution in [0.2, 0.25) is 0 Å². The van der Waals surface area contributed by atoms with Crippen LogP contribution in [0.15, 0.2) is 45.7 Å². The minimum Gasteiger partial charge on any atom is -0.299 e. The summed E-state index contributed by atoms with van der Waals surface area (Å²) in [5.41, 5.74) is -0.289. The van der Waals surface area contributed by atoms with Gasteiger partial charge in [0.15, 0.2) is 5.69 Å². The molecule has 1 fully saturated rings. The van der Waals surface area contributed by atoms with Crippen LogP contribution in [-0.2, 0) is 19.3 Å². The molecule has 0 atom stereocenters. The lowest BCUT2D eigenvalue weighted by atomic mass is 9.96. The fourth-order valence-electron chi connectivity index (χ4n) is 3.15. The zero-order chi connectivity index (χ0) is 18.7. The van der Waals surface area contributed by atoms with Gasteiger partial charge in [0, 0.05) is 23.6 Å². The topological polar surface area (TPSA) is 38.1 Å². The molecule has 1 aliphatic heterocycles. The fourth-order valence-corrected chi connectivity index (χ4v) is 3.41. The van der Waals surface area contributed by atoms with Crippen LogP contribution in [-0.4, -0.2) is 27.8 Å². The van der Waals surface area contributed by atoms with Crippen molar-refractivity contribution in [2.45, 2.75) is 32.1 Å². The van der Waals surface area contributed by atoms with Crippen LogP contribution in [0.25, 0.3) is 0 Å². The lowest BCUT2D eigenvalue weighted by Gasteiger charge is -2.32. The lowest BCUT2D eigenvalue weighted by Crippen LogP contribution is -2.36. The van der Waals surface area contributed by atoms with Crippen molar-refractivity contribution in [3.05, 3.63) is 62.5 Å². The van der Waals surface area contributed by atoms with Crippen LogP contribution in [0.3, 0.4) is 0 Å². The highest BCUT2D eigenvalue weighted by molar-refractivity contribution is 9.10. The third-order valence-corrected chi connectivity index (χ3v) is 5.14. The molecule has 0 spiro atoms. The highest BCUT2D eigenvalue weighted by Crippen LogP contribution is 2.27. The SMILES string of the molecule is O=c1ccc(C(F)(F)F)nn1CC1CCN(Cc2ccc(Br)cc2)CC1. The van der Waals surface area contributed by atoms with Crippen LogP contribution in [0.5, 0.6) is 0 Å². The summed E-state index contributed by atoms with van der Waals surface area (Å²) < 4.78 is 40.3. The van der Waals surface area contributed by atoms with Crippen LogP contribution in [0.1, 0.15) is 24.1 Å². The molecule has 4 nitrogen and oxygen atoms in total.